The molecule has 1 atom stereocenters. The minimum absolute atomic E-state index is 0.00447. The number of hydrogen-bond acceptors (Lipinski definition) is 6. The Kier molecular flexibility index (Phi) is 8.09. The Morgan fingerprint density at radius 1 is 1.24 bits per heavy atom. The summed E-state index contributed by atoms with van der Waals surface area (Å²) in [5.41, 5.74) is 0. The smallest absolute Gasteiger partial charge is 0.252 e. The van der Waals surface area contributed by atoms with Crippen molar-refractivity contribution < 1.29 is 17.9 Å². The van der Waals surface area contributed by atoms with Gasteiger partial charge in [-0.15, -0.1) is 11.3 Å². The summed E-state index contributed by atoms with van der Waals surface area (Å²) in [4.78, 5) is 15.5. The topological polar surface area (TPSA) is 79.0 Å². The highest BCUT2D eigenvalue weighted by Crippen LogP contribution is 2.27. The maximum atomic E-state index is 12.7. The van der Waals surface area contributed by atoms with Crippen molar-refractivity contribution in [2.24, 2.45) is 5.92 Å². The Morgan fingerprint density at radius 2 is 2.00 bits per heavy atom. The van der Waals surface area contributed by atoms with Crippen LogP contribution >= 0.6 is 11.3 Å². The number of hydrogen-bond donors (Lipinski definition) is 1. The van der Waals surface area contributed by atoms with Crippen molar-refractivity contribution in [1.29, 1.82) is 0 Å². The van der Waals surface area contributed by atoms with E-state index in [-0.39, 0.29) is 18.4 Å². The predicted octanol–water partition coefficient (Wildman–Crippen LogP) is 1.94. The summed E-state index contributed by atoms with van der Waals surface area (Å²) in [7, 11) is -3.43. The molecule has 7 nitrogen and oxygen atoms in total. The highest BCUT2D eigenvalue weighted by molar-refractivity contribution is 7.91. The molecule has 0 aliphatic carbocycles. The van der Waals surface area contributed by atoms with Crippen molar-refractivity contribution in [3.8, 4) is 0 Å². The van der Waals surface area contributed by atoms with Crippen LogP contribution in [0.25, 0.3) is 0 Å². The summed E-state index contributed by atoms with van der Waals surface area (Å²) >= 11 is 1.20. The fourth-order valence-electron chi connectivity index (χ4n) is 3.86. The number of nitrogens with one attached hydrogen (secondary N) is 1. The minimum atomic E-state index is -3.43. The van der Waals surface area contributed by atoms with Gasteiger partial charge in [0, 0.05) is 44.1 Å². The monoisotopic (exact) mass is 443 g/mol. The molecule has 0 spiro atoms. The molecule has 3 heterocycles. The van der Waals surface area contributed by atoms with E-state index in [1.165, 1.54) is 11.3 Å². The van der Waals surface area contributed by atoms with Gasteiger partial charge in [-0.2, -0.15) is 4.31 Å². The zero-order valence-electron chi connectivity index (χ0n) is 17.4. The number of rotatable bonds is 8. The van der Waals surface area contributed by atoms with Gasteiger partial charge in [0.2, 0.25) is 5.91 Å². The Hall–Kier alpha value is -1.00. The van der Waals surface area contributed by atoms with Crippen LogP contribution in [0.4, 0.5) is 0 Å². The highest BCUT2D eigenvalue weighted by atomic mass is 32.2. The lowest BCUT2D eigenvalue weighted by atomic mass is 10.2. The predicted molar refractivity (Wildman–Crippen MR) is 115 cm³/mol. The SMILES string of the molecule is CC(C)CN1CCOC(CNC(=O)Cc2ccc(S(=O)(=O)N3CCCCC3)s2)C1. The van der Waals surface area contributed by atoms with Gasteiger partial charge in [0.1, 0.15) is 4.21 Å². The lowest BCUT2D eigenvalue weighted by molar-refractivity contribution is -0.121. The van der Waals surface area contributed by atoms with Crippen LogP contribution in [0.1, 0.15) is 38.0 Å². The average molecular weight is 444 g/mol. The number of morpholine rings is 1. The molecule has 0 bridgehead atoms. The van der Waals surface area contributed by atoms with Gasteiger partial charge in [0.15, 0.2) is 0 Å². The van der Waals surface area contributed by atoms with Crippen molar-refractivity contribution in [3.05, 3.63) is 17.0 Å². The number of nitrogens with zero attached hydrogens (tertiary/aromatic N) is 2. The zero-order chi connectivity index (χ0) is 20.9. The molecule has 164 valence electrons. The maximum absolute atomic E-state index is 12.7. The first-order valence-electron chi connectivity index (χ1n) is 10.5. The molecular formula is C20H33N3O4S2. The van der Waals surface area contributed by atoms with Gasteiger partial charge in [0.05, 0.1) is 19.1 Å². The molecule has 1 N–H and O–H groups in total. The number of amides is 1. The number of piperidine rings is 1. The normalized spacial score (nSPS) is 22.1. The molecule has 0 aromatic carbocycles. The van der Waals surface area contributed by atoms with Crippen LogP contribution in [-0.4, -0.2) is 75.5 Å². The molecule has 3 rings (SSSR count). The van der Waals surface area contributed by atoms with Crippen LogP contribution in [-0.2, 0) is 26.0 Å². The number of sulfonamides is 1. The van der Waals surface area contributed by atoms with E-state index < -0.39 is 10.0 Å². The van der Waals surface area contributed by atoms with Crippen LogP contribution < -0.4 is 5.32 Å². The third-order valence-corrected chi connectivity index (χ3v) is 8.71. The molecule has 9 heteroatoms. The van der Waals surface area contributed by atoms with Gasteiger partial charge < -0.3 is 10.1 Å². The van der Waals surface area contributed by atoms with E-state index in [1.807, 2.05) is 0 Å². The van der Waals surface area contributed by atoms with Gasteiger partial charge >= 0.3 is 0 Å². The van der Waals surface area contributed by atoms with Gasteiger partial charge in [-0.1, -0.05) is 20.3 Å². The van der Waals surface area contributed by atoms with E-state index in [1.54, 1.807) is 16.4 Å². The summed E-state index contributed by atoms with van der Waals surface area (Å²) in [6.07, 6.45) is 3.12. The largest absolute Gasteiger partial charge is 0.374 e. The molecule has 0 saturated carbocycles. The molecular weight excluding hydrogens is 410 g/mol. The first-order valence-corrected chi connectivity index (χ1v) is 12.8. The van der Waals surface area contributed by atoms with Gasteiger partial charge in [0.25, 0.3) is 10.0 Å². The van der Waals surface area contributed by atoms with E-state index in [0.29, 0.717) is 36.4 Å². The molecule has 0 radical (unpaired) electrons. The van der Waals surface area contributed by atoms with E-state index in [4.69, 9.17) is 4.74 Å². The summed E-state index contributed by atoms with van der Waals surface area (Å²) in [5.74, 6) is 0.510. The highest BCUT2D eigenvalue weighted by Gasteiger charge is 2.27. The third kappa shape index (κ3) is 6.49. The number of carbonyl (C=O) groups is 1. The minimum Gasteiger partial charge on any atom is -0.374 e. The number of ether oxygens (including phenoxy) is 1. The van der Waals surface area contributed by atoms with Crippen molar-refractivity contribution in [3.63, 3.8) is 0 Å². The van der Waals surface area contributed by atoms with Crippen LogP contribution in [0.2, 0.25) is 0 Å². The van der Waals surface area contributed by atoms with Crippen LogP contribution in [0.5, 0.6) is 0 Å². The van der Waals surface area contributed by atoms with Crippen LogP contribution in [0.15, 0.2) is 16.3 Å². The molecule has 2 aliphatic rings. The summed E-state index contributed by atoms with van der Waals surface area (Å²) in [6.45, 7) is 9.56. The van der Waals surface area contributed by atoms with Crippen molar-refractivity contribution in [2.75, 3.05) is 45.9 Å². The quantitative estimate of drug-likeness (QED) is 0.664. The second-order valence-corrected chi connectivity index (χ2v) is 11.6. The third-order valence-electron chi connectivity index (χ3n) is 5.25. The first-order chi connectivity index (χ1) is 13.8. The Morgan fingerprint density at radius 3 is 2.72 bits per heavy atom. The van der Waals surface area contributed by atoms with Gasteiger partial charge in [-0.05, 0) is 30.9 Å². The van der Waals surface area contributed by atoms with Crippen molar-refractivity contribution in [2.45, 2.75) is 49.8 Å². The second kappa shape index (κ2) is 10.3. The molecule has 2 saturated heterocycles. The molecule has 2 aliphatic heterocycles. The van der Waals surface area contributed by atoms with Crippen LogP contribution in [0.3, 0.4) is 0 Å². The van der Waals surface area contributed by atoms with Crippen molar-refractivity contribution >= 4 is 27.3 Å². The fraction of sp³-hybridized carbons (Fsp3) is 0.750. The van der Waals surface area contributed by atoms with Gasteiger partial charge in [-0.25, -0.2) is 8.42 Å². The molecule has 2 fully saturated rings. The lowest BCUT2D eigenvalue weighted by Crippen LogP contribution is -2.48. The maximum Gasteiger partial charge on any atom is 0.252 e. The standard InChI is InChI=1S/C20H33N3O4S2/c1-16(2)14-22-10-11-27-17(15-22)13-21-19(24)12-18-6-7-20(28-18)29(25,26)23-8-4-3-5-9-23/h6-7,16-17H,3-5,8-15H2,1-2H3,(H,21,24). The first kappa shape index (κ1) is 22.7. The van der Waals surface area contributed by atoms with E-state index in [2.05, 4.69) is 24.1 Å². The zero-order valence-corrected chi connectivity index (χ0v) is 19.1. The summed E-state index contributed by atoms with van der Waals surface area (Å²) in [5, 5.41) is 2.94. The van der Waals surface area contributed by atoms with E-state index in [0.717, 1.165) is 43.8 Å². The molecule has 1 amide bonds. The lowest BCUT2D eigenvalue weighted by Gasteiger charge is -2.33. The second-order valence-electron chi connectivity index (χ2n) is 8.31. The molecule has 29 heavy (non-hydrogen) atoms. The Labute approximate surface area is 178 Å². The Bertz CT molecular complexity index is 772. The summed E-state index contributed by atoms with van der Waals surface area (Å²) in [6, 6.07) is 3.38. The van der Waals surface area contributed by atoms with E-state index >= 15 is 0 Å². The number of carbonyl (C=O) groups excluding carboxylic acids is 1. The number of thiophene rings is 1. The molecule has 1 aromatic rings. The van der Waals surface area contributed by atoms with Crippen molar-refractivity contribution in [1.82, 2.24) is 14.5 Å². The molecule has 1 unspecified atom stereocenters. The Balaban J connectivity index is 1.47. The van der Waals surface area contributed by atoms with Gasteiger partial charge in [-0.3, -0.25) is 9.69 Å². The fourth-order valence-corrected chi connectivity index (χ4v) is 6.88. The summed E-state index contributed by atoms with van der Waals surface area (Å²) < 4.78 is 33.1. The van der Waals surface area contributed by atoms with E-state index in [9.17, 15) is 13.2 Å². The average Bonchev–Trinajstić information content (AvgIpc) is 3.16. The molecule has 1 aromatic heterocycles. The van der Waals surface area contributed by atoms with Crippen LogP contribution in [0, 0.1) is 5.92 Å².